The van der Waals surface area contributed by atoms with Crippen LogP contribution in [-0.4, -0.2) is 30.5 Å². The third-order valence-corrected chi connectivity index (χ3v) is 3.70. The molecule has 0 fully saturated rings. The van der Waals surface area contributed by atoms with Crippen molar-refractivity contribution in [2.75, 3.05) is 13.7 Å². The highest BCUT2D eigenvalue weighted by atomic mass is 32.1. The van der Waals surface area contributed by atoms with Crippen molar-refractivity contribution in [1.82, 2.24) is 10.3 Å². The number of carbonyl (C=O) groups is 2. The topological polar surface area (TPSA) is 68.3 Å². The largest absolute Gasteiger partial charge is 0.468 e. The van der Waals surface area contributed by atoms with E-state index in [-0.39, 0.29) is 12.5 Å². The Morgan fingerprint density at radius 3 is 2.94 bits per heavy atom. The van der Waals surface area contributed by atoms with E-state index in [9.17, 15) is 9.59 Å². The van der Waals surface area contributed by atoms with Gasteiger partial charge in [0.1, 0.15) is 17.2 Å². The van der Waals surface area contributed by atoms with Crippen LogP contribution >= 0.6 is 22.7 Å². The number of nitrogens with one attached hydrogen (secondary N) is 1. The van der Waals surface area contributed by atoms with E-state index in [1.807, 2.05) is 16.8 Å². The van der Waals surface area contributed by atoms with E-state index in [1.54, 1.807) is 16.7 Å². The molecule has 5 nitrogen and oxygen atoms in total. The zero-order valence-electron chi connectivity index (χ0n) is 9.50. The summed E-state index contributed by atoms with van der Waals surface area (Å²) in [4.78, 5) is 26.8. The molecule has 0 spiro atoms. The van der Waals surface area contributed by atoms with Gasteiger partial charge in [-0.3, -0.25) is 9.59 Å². The Labute approximate surface area is 111 Å². The van der Waals surface area contributed by atoms with Crippen molar-refractivity contribution in [3.63, 3.8) is 0 Å². The minimum Gasteiger partial charge on any atom is -0.468 e. The molecule has 0 aromatic carbocycles. The molecule has 2 aromatic rings. The smallest absolute Gasteiger partial charge is 0.325 e. The van der Waals surface area contributed by atoms with E-state index in [4.69, 9.17) is 0 Å². The van der Waals surface area contributed by atoms with Crippen LogP contribution in [0.25, 0.3) is 10.6 Å². The molecule has 94 valence electrons. The van der Waals surface area contributed by atoms with Crippen LogP contribution in [0.1, 0.15) is 10.5 Å². The van der Waals surface area contributed by atoms with Crippen LogP contribution < -0.4 is 5.32 Å². The number of amides is 1. The lowest BCUT2D eigenvalue weighted by atomic mass is 10.3. The van der Waals surface area contributed by atoms with Crippen LogP contribution in [0.2, 0.25) is 0 Å². The molecule has 7 heteroatoms. The summed E-state index contributed by atoms with van der Waals surface area (Å²) in [6.45, 7) is -0.152. The first-order chi connectivity index (χ1) is 8.70. The first-order valence-corrected chi connectivity index (χ1v) is 6.86. The summed E-state index contributed by atoms with van der Waals surface area (Å²) in [5.74, 6) is -0.866. The summed E-state index contributed by atoms with van der Waals surface area (Å²) < 4.78 is 4.43. The number of ether oxygens (including phenoxy) is 1. The van der Waals surface area contributed by atoms with Crippen molar-refractivity contribution in [1.29, 1.82) is 0 Å². The molecule has 2 rings (SSSR count). The summed E-state index contributed by atoms with van der Waals surface area (Å²) in [7, 11) is 1.27. The fourth-order valence-corrected chi connectivity index (χ4v) is 2.72. The summed E-state index contributed by atoms with van der Waals surface area (Å²) >= 11 is 2.97. The molecule has 1 N–H and O–H groups in total. The van der Waals surface area contributed by atoms with Crippen molar-refractivity contribution < 1.29 is 14.3 Å². The zero-order chi connectivity index (χ0) is 13.0. The molecule has 0 radical (unpaired) electrons. The molecule has 0 saturated carbocycles. The van der Waals surface area contributed by atoms with Gasteiger partial charge in [-0.2, -0.15) is 11.3 Å². The lowest BCUT2D eigenvalue weighted by Crippen LogP contribution is -2.30. The Hall–Kier alpha value is -1.73. The number of nitrogens with zero attached hydrogens (tertiary/aromatic N) is 1. The Morgan fingerprint density at radius 2 is 2.28 bits per heavy atom. The SMILES string of the molecule is COC(=O)CNC(=O)c1csc(-c2ccsc2)n1. The number of rotatable bonds is 4. The van der Waals surface area contributed by atoms with Crippen molar-refractivity contribution in [2.45, 2.75) is 0 Å². The van der Waals surface area contributed by atoms with Gasteiger partial charge in [0.05, 0.1) is 7.11 Å². The molecule has 0 unspecified atom stereocenters. The van der Waals surface area contributed by atoms with Crippen molar-refractivity contribution in [2.24, 2.45) is 0 Å². The van der Waals surface area contributed by atoms with E-state index in [0.717, 1.165) is 10.6 Å². The number of esters is 1. The highest BCUT2D eigenvalue weighted by molar-refractivity contribution is 7.14. The minimum atomic E-state index is -0.489. The van der Waals surface area contributed by atoms with Crippen LogP contribution in [0.5, 0.6) is 0 Å². The van der Waals surface area contributed by atoms with Crippen LogP contribution in [0, 0.1) is 0 Å². The second kappa shape index (κ2) is 5.74. The zero-order valence-corrected chi connectivity index (χ0v) is 11.1. The van der Waals surface area contributed by atoms with Crippen molar-refractivity contribution in [3.05, 3.63) is 27.9 Å². The molecule has 18 heavy (non-hydrogen) atoms. The van der Waals surface area contributed by atoms with Crippen LogP contribution in [-0.2, 0) is 9.53 Å². The number of carbonyl (C=O) groups excluding carboxylic acids is 2. The Morgan fingerprint density at radius 1 is 1.44 bits per heavy atom. The number of aromatic nitrogens is 1. The van der Waals surface area contributed by atoms with Gasteiger partial charge >= 0.3 is 5.97 Å². The number of hydrogen-bond donors (Lipinski definition) is 1. The molecule has 0 aliphatic rings. The van der Waals surface area contributed by atoms with E-state index in [0.29, 0.717) is 5.69 Å². The molecule has 2 aromatic heterocycles. The molecule has 0 atom stereocenters. The first kappa shape index (κ1) is 12.7. The summed E-state index contributed by atoms with van der Waals surface area (Å²) in [5.41, 5.74) is 1.31. The lowest BCUT2D eigenvalue weighted by molar-refractivity contribution is -0.139. The predicted molar refractivity (Wildman–Crippen MR) is 69.8 cm³/mol. The fourth-order valence-electron chi connectivity index (χ4n) is 1.21. The lowest BCUT2D eigenvalue weighted by Gasteiger charge is -2.00. The highest BCUT2D eigenvalue weighted by Crippen LogP contribution is 2.25. The van der Waals surface area contributed by atoms with Gasteiger partial charge in [-0.1, -0.05) is 0 Å². The van der Waals surface area contributed by atoms with Crippen LogP contribution in [0.3, 0.4) is 0 Å². The van der Waals surface area contributed by atoms with E-state index in [2.05, 4.69) is 15.0 Å². The number of thiophene rings is 1. The van der Waals surface area contributed by atoms with Gasteiger partial charge in [0.25, 0.3) is 5.91 Å². The van der Waals surface area contributed by atoms with Gasteiger partial charge < -0.3 is 10.1 Å². The average molecular weight is 282 g/mol. The van der Waals surface area contributed by atoms with Crippen molar-refractivity contribution in [3.8, 4) is 10.6 Å². The van der Waals surface area contributed by atoms with E-state index >= 15 is 0 Å². The third-order valence-electron chi connectivity index (χ3n) is 2.13. The van der Waals surface area contributed by atoms with Crippen molar-refractivity contribution >= 4 is 34.6 Å². The molecule has 2 heterocycles. The van der Waals surface area contributed by atoms with E-state index < -0.39 is 5.97 Å². The molecule has 1 amide bonds. The van der Waals surface area contributed by atoms with E-state index in [1.165, 1.54) is 18.4 Å². The van der Waals surface area contributed by atoms with Gasteiger partial charge in [-0.25, -0.2) is 4.98 Å². The maximum atomic E-state index is 11.7. The normalized spacial score (nSPS) is 10.1. The summed E-state index contributed by atoms with van der Waals surface area (Å²) in [6, 6.07) is 1.94. The molecule has 0 aliphatic carbocycles. The highest BCUT2D eigenvalue weighted by Gasteiger charge is 2.13. The Bertz CT molecular complexity index is 548. The Kier molecular flexibility index (Phi) is 4.06. The molecule has 0 saturated heterocycles. The van der Waals surface area contributed by atoms with Gasteiger partial charge in [0.2, 0.25) is 0 Å². The standard InChI is InChI=1S/C11H10N2O3S2/c1-16-9(14)4-12-10(15)8-6-18-11(13-8)7-2-3-17-5-7/h2-3,5-6H,4H2,1H3,(H,12,15). The van der Waals surface area contributed by atoms with Gasteiger partial charge in [0, 0.05) is 16.3 Å². The molecular formula is C11H10N2O3S2. The third kappa shape index (κ3) is 2.93. The number of methoxy groups -OCH3 is 1. The maximum Gasteiger partial charge on any atom is 0.325 e. The molecular weight excluding hydrogens is 272 g/mol. The van der Waals surface area contributed by atoms with Gasteiger partial charge in [-0.05, 0) is 11.4 Å². The van der Waals surface area contributed by atoms with Gasteiger partial charge in [0.15, 0.2) is 0 Å². The van der Waals surface area contributed by atoms with Gasteiger partial charge in [-0.15, -0.1) is 11.3 Å². The fraction of sp³-hybridized carbons (Fsp3) is 0.182. The summed E-state index contributed by atoms with van der Waals surface area (Å²) in [6.07, 6.45) is 0. The van der Waals surface area contributed by atoms with Crippen LogP contribution in [0.4, 0.5) is 0 Å². The second-order valence-electron chi connectivity index (χ2n) is 3.31. The maximum absolute atomic E-state index is 11.7. The monoisotopic (exact) mass is 282 g/mol. The first-order valence-electron chi connectivity index (χ1n) is 5.04. The average Bonchev–Trinajstić information content (AvgIpc) is 3.04. The second-order valence-corrected chi connectivity index (χ2v) is 4.95. The molecule has 0 aliphatic heterocycles. The predicted octanol–water partition coefficient (Wildman–Crippen LogP) is 1.77. The Balaban J connectivity index is 2.02. The van der Waals surface area contributed by atoms with Crippen LogP contribution in [0.15, 0.2) is 22.2 Å². The molecule has 0 bridgehead atoms. The quantitative estimate of drug-likeness (QED) is 0.868. The minimum absolute atomic E-state index is 0.152. The number of thiazole rings is 1. The number of hydrogen-bond acceptors (Lipinski definition) is 6. The summed E-state index contributed by atoms with van der Waals surface area (Å²) in [5, 5.41) is 8.82.